The number of esters is 1. The second-order valence-electron chi connectivity index (χ2n) is 10.1. The molecule has 0 unspecified atom stereocenters. The largest absolute Gasteiger partial charge is 0.508 e. The Morgan fingerprint density at radius 3 is 2.29 bits per heavy atom. The van der Waals surface area contributed by atoms with Gasteiger partial charge in [-0.25, -0.2) is 0 Å². The van der Waals surface area contributed by atoms with E-state index in [1.54, 1.807) is 38.1 Å². The van der Waals surface area contributed by atoms with Crippen molar-refractivity contribution in [1.29, 1.82) is 0 Å². The molecule has 0 spiro atoms. The second-order valence-corrected chi connectivity index (χ2v) is 10.1. The van der Waals surface area contributed by atoms with E-state index in [1.165, 1.54) is 25.3 Å². The standard InChI is InChI=1S/C31H33N3O7/c1-18(2)27(33-25(36)15-19-7-5-4-6-8-19)30(38)34-28-23-17-21(35)11-14-24(23)32-31(39)29(28)41-26(37)16-20-9-12-22(40-3)13-10-20/h4-14,17-18,27-29,35H,15-16H2,1-3H3,(H,32,39)(H,33,36)(H,34,38)/t27-,28-,29+/m0/s1. The molecular weight excluding hydrogens is 526 g/mol. The molecule has 3 atom stereocenters. The summed E-state index contributed by atoms with van der Waals surface area (Å²) < 4.78 is 10.7. The number of phenolic OH excluding ortho intramolecular Hbond substituents is 1. The molecule has 4 N–H and O–H groups in total. The molecule has 0 saturated heterocycles. The van der Waals surface area contributed by atoms with Gasteiger partial charge in [0.2, 0.25) is 17.9 Å². The van der Waals surface area contributed by atoms with E-state index < -0.39 is 36.0 Å². The highest BCUT2D eigenvalue weighted by Gasteiger charge is 2.41. The first-order chi connectivity index (χ1) is 19.6. The third kappa shape index (κ3) is 7.42. The van der Waals surface area contributed by atoms with Gasteiger partial charge in [-0.2, -0.15) is 0 Å². The molecule has 0 bridgehead atoms. The van der Waals surface area contributed by atoms with Crippen molar-refractivity contribution in [2.75, 3.05) is 12.4 Å². The van der Waals surface area contributed by atoms with E-state index >= 15 is 0 Å². The molecule has 4 rings (SSSR count). The molecule has 0 radical (unpaired) electrons. The topological polar surface area (TPSA) is 143 Å². The fraction of sp³-hybridized carbons (Fsp3) is 0.290. The number of hydrogen-bond acceptors (Lipinski definition) is 7. The van der Waals surface area contributed by atoms with Crippen LogP contribution in [0.25, 0.3) is 0 Å². The zero-order chi connectivity index (χ0) is 29.5. The van der Waals surface area contributed by atoms with E-state index in [9.17, 15) is 24.3 Å². The monoisotopic (exact) mass is 559 g/mol. The number of benzene rings is 3. The van der Waals surface area contributed by atoms with Crippen molar-refractivity contribution in [3.8, 4) is 11.5 Å². The Morgan fingerprint density at radius 2 is 1.63 bits per heavy atom. The number of ether oxygens (including phenoxy) is 2. The molecule has 10 nitrogen and oxygen atoms in total. The van der Waals surface area contributed by atoms with Crippen LogP contribution >= 0.6 is 0 Å². The van der Waals surface area contributed by atoms with Gasteiger partial charge in [0.25, 0.3) is 5.91 Å². The molecule has 3 amide bonds. The average molecular weight is 560 g/mol. The van der Waals surface area contributed by atoms with E-state index in [2.05, 4.69) is 16.0 Å². The Balaban J connectivity index is 1.54. The first kappa shape index (κ1) is 29.1. The van der Waals surface area contributed by atoms with Gasteiger partial charge >= 0.3 is 5.97 Å². The number of phenols is 1. The van der Waals surface area contributed by atoms with Gasteiger partial charge in [-0.1, -0.05) is 56.3 Å². The smallest absolute Gasteiger partial charge is 0.311 e. The van der Waals surface area contributed by atoms with Gasteiger partial charge in [0.05, 0.1) is 20.0 Å². The maximum Gasteiger partial charge on any atom is 0.311 e. The van der Waals surface area contributed by atoms with E-state index in [0.717, 1.165) is 5.56 Å². The van der Waals surface area contributed by atoms with Gasteiger partial charge < -0.3 is 30.5 Å². The molecule has 3 aromatic carbocycles. The first-order valence-corrected chi connectivity index (χ1v) is 13.2. The lowest BCUT2D eigenvalue weighted by Crippen LogP contribution is -2.55. The van der Waals surface area contributed by atoms with Crippen molar-refractivity contribution in [3.05, 3.63) is 89.5 Å². The van der Waals surface area contributed by atoms with Crippen LogP contribution in [0.15, 0.2) is 72.8 Å². The number of hydrogen-bond donors (Lipinski definition) is 4. The zero-order valence-corrected chi connectivity index (χ0v) is 23.0. The van der Waals surface area contributed by atoms with Gasteiger partial charge in [0.15, 0.2) is 0 Å². The molecule has 214 valence electrons. The predicted octanol–water partition coefficient (Wildman–Crippen LogP) is 3.05. The van der Waals surface area contributed by atoms with Crippen molar-refractivity contribution in [3.63, 3.8) is 0 Å². The molecule has 1 aliphatic heterocycles. The fourth-order valence-corrected chi connectivity index (χ4v) is 4.59. The third-order valence-corrected chi connectivity index (χ3v) is 6.73. The minimum absolute atomic E-state index is 0.0888. The van der Waals surface area contributed by atoms with Gasteiger partial charge in [0.1, 0.15) is 23.6 Å². The number of fused-ring (bicyclic) bond motifs is 1. The SMILES string of the molecule is COc1ccc(CC(=O)O[C@H]2C(=O)Nc3ccc(O)cc3[C@@H]2NC(=O)[C@@H](NC(=O)Cc2ccccc2)C(C)C)cc1. The number of amides is 3. The van der Waals surface area contributed by atoms with Crippen LogP contribution in [0.2, 0.25) is 0 Å². The van der Waals surface area contributed by atoms with Crippen molar-refractivity contribution < 1.29 is 33.8 Å². The lowest BCUT2D eigenvalue weighted by atomic mass is 9.93. The molecule has 0 aromatic heterocycles. The van der Waals surface area contributed by atoms with Crippen LogP contribution in [0, 0.1) is 5.92 Å². The van der Waals surface area contributed by atoms with Crippen molar-refractivity contribution in [1.82, 2.24) is 10.6 Å². The van der Waals surface area contributed by atoms with Crippen LogP contribution in [-0.2, 0) is 36.8 Å². The lowest BCUT2D eigenvalue weighted by Gasteiger charge is -2.34. The molecule has 1 aliphatic rings. The number of methoxy groups -OCH3 is 1. The predicted molar refractivity (Wildman–Crippen MR) is 151 cm³/mol. The highest BCUT2D eigenvalue weighted by Crippen LogP contribution is 2.35. The van der Waals surface area contributed by atoms with Crippen LogP contribution in [-0.4, -0.2) is 48.1 Å². The van der Waals surface area contributed by atoms with E-state index in [0.29, 0.717) is 22.6 Å². The Hall–Kier alpha value is -4.86. The highest BCUT2D eigenvalue weighted by atomic mass is 16.5. The van der Waals surface area contributed by atoms with Crippen LogP contribution in [0.1, 0.15) is 36.6 Å². The summed E-state index contributed by atoms with van der Waals surface area (Å²) in [5, 5.41) is 18.4. The summed E-state index contributed by atoms with van der Waals surface area (Å²) in [7, 11) is 1.54. The van der Waals surface area contributed by atoms with E-state index in [4.69, 9.17) is 9.47 Å². The quantitative estimate of drug-likeness (QED) is 0.221. The molecule has 1 heterocycles. The summed E-state index contributed by atoms with van der Waals surface area (Å²) in [5.74, 6) is -1.99. The zero-order valence-electron chi connectivity index (χ0n) is 23.0. The maximum atomic E-state index is 13.6. The van der Waals surface area contributed by atoms with Crippen LogP contribution in [0.5, 0.6) is 11.5 Å². The molecule has 0 fully saturated rings. The average Bonchev–Trinajstić information content (AvgIpc) is 2.94. The summed E-state index contributed by atoms with van der Waals surface area (Å²) in [5.41, 5.74) is 2.16. The Kier molecular flexibility index (Phi) is 9.23. The van der Waals surface area contributed by atoms with Crippen LogP contribution in [0.3, 0.4) is 0 Å². The van der Waals surface area contributed by atoms with Crippen molar-refractivity contribution >= 4 is 29.4 Å². The summed E-state index contributed by atoms with van der Waals surface area (Å²) >= 11 is 0. The Morgan fingerprint density at radius 1 is 0.951 bits per heavy atom. The second kappa shape index (κ2) is 13.0. The van der Waals surface area contributed by atoms with Gasteiger partial charge in [-0.3, -0.25) is 19.2 Å². The van der Waals surface area contributed by atoms with Crippen LogP contribution in [0.4, 0.5) is 5.69 Å². The van der Waals surface area contributed by atoms with Crippen LogP contribution < -0.4 is 20.7 Å². The summed E-state index contributed by atoms with van der Waals surface area (Å²) in [6, 6.07) is 18.2. The summed E-state index contributed by atoms with van der Waals surface area (Å²) in [4.78, 5) is 52.3. The van der Waals surface area contributed by atoms with Crippen molar-refractivity contribution in [2.45, 2.75) is 44.9 Å². The number of carbonyl (C=O) groups is 4. The minimum atomic E-state index is -1.42. The van der Waals surface area contributed by atoms with Gasteiger partial charge in [-0.15, -0.1) is 0 Å². The molecular formula is C31H33N3O7. The molecule has 41 heavy (non-hydrogen) atoms. The van der Waals surface area contributed by atoms with Gasteiger partial charge in [-0.05, 0) is 47.4 Å². The van der Waals surface area contributed by atoms with Gasteiger partial charge in [0, 0.05) is 11.3 Å². The minimum Gasteiger partial charge on any atom is -0.508 e. The third-order valence-electron chi connectivity index (χ3n) is 6.73. The number of aromatic hydroxyl groups is 1. The Bertz CT molecular complexity index is 1410. The number of anilines is 1. The fourth-order valence-electron chi connectivity index (χ4n) is 4.59. The summed E-state index contributed by atoms with van der Waals surface area (Å²) in [6.45, 7) is 3.57. The highest BCUT2D eigenvalue weighted by molar-refractivity contribution is 6.00. The maximum absolute atomic E-state index is 13.6. The van der Waals surface area contributed by atoms with Crippen molar-refractivity contribution in [2.24, 2.45) is 5.92 Å². The number of rotatable bonds is 10. The lowest BCUT2D eigenvalue weighted by molar-refractivity contribution is -0.156. The molecule has 3 aromatic rings. The number of carbonyl (C=O) groups excluding carboxylic acids is 4. The van der Waals surface area contributed by atoms with E-state index in [-0.39, 0.29) is 30.4 Å². The molecule has 10 heteroatoms. The normalized spacial score (nSPS) is 16.6. The molecule has 0 aliphatic carbocycles. The van der Waals surface area contributed by atoms with E-state index in [1.807, 2.05) is 30.3 Å². The molecule has 0 saturated carbocycles. The summed E-state index contributed by atoms with van der Waals surface area (Å²) in [6.07, 6.45) is -1.46. The first-order valence-electron chi connectivity index (χ1n) is 13.2. The number of nitrogens with one attached hydrogen (secondary N) is 3. The Labute approximate surface area is 238 Å².